The van der Waals surface area contributed by atoms with Gasteiger partial charge in [-0.25, -0.2) is 0 Å². The number of ether oxygens (including phenoxy) is 3. The van der Waals surface area contributed by atoms with Crippen molar-refractivity contribution in [2.45, 2.75) is 258 Å². The molecule has 0 aromatic heterocycles. The van der Waals surface area contributed by atoms with Crippen molar-refractivity contribution in [2.24, 2.45) is 0 Å². The molecule has 0 aliphatic carbocycles. The van der Waals surface area contributed by atoms with E-state index in [-0.39, 0.29) is 31.6 Å². The fraction of sp³-hybridized carbons (Fsp3) is 0.764. The summed E-state index contributed by atoms with van der Waals surface area (Å²) in [7, 11) is 0. The van der Waals surface area contributed by atoms with E-state index < -0.39 is 12.1 Å². The van der Waals surface area contributed by atoms with Crippen molar-refractivity contribution in [2.75, 3.05) is 13.2 Å². The van der Waals surface area contributed by atoms with Gasteiger partial charge in [-0.3, -0.25) is 14.4 Å². The molecule has 0 aromatic carbocycles. The summed E-state index contributed by atoms with van der Waals surface area (Å²) in [5.41, 5.74) is 0. The van der Waals surface area contributed by atoms with E-state index in [1.807, 2.05) is 6.08 Å². The van der Waals surface area contributed by atoms with Crippen LogP contribution in [0.2, 0.25) is 0 Å². The third kappa shape index (κ3) is 48.0. The molecule has 61 heavy (non-hydrogen) atoms. The predicted molar refractivity (Wildman–Crippen MR) is 261 cm³/mol. The van der Waals surface area contributed by atoms with Crippen LogP contribution in [0.4, 0.5) is 0 Å². The lowest BCUT2D eigenvalue weighted by Crippen LogP contribution is -2.30. The van der Waals surface area contributed by atoms with E-state index >= 15 is 0 Å². The minimum atomic E-state index is -0.823. The first kappa shape index (κ1) is 58.1. The van der Waals surface area contributed by atoms with E-state index in [0.717, 1.165) is 70.6 Å². The second-order valence-corrected chi connectivity index (χ2v) is 17.1. The van der Waals surface area contributed by atoms with Gasteiger partial charge in [0.1, 0.15) is 13.2 Å². The van der Waals surface area contributed by atoms with E-state index in [1.54, 1.807) is 6.08 Å². The summed E-state index contributed by atoms with van der Waals surface area (Å²) in [6.07, 6.45) is 60.9. The van der Waals surface area contributed by atoms with Gasteiger partial charge in [-0.15, -0.1) is 0 Å². The van der Waals surface area contributed by atoms with Crippen LogP contribution < -0.4 is 0 Å². The van der Waals surface area contributed by atoms with E-state index in [4.69, 9.17) is 14.2 Å². The van der Waals surface area contributed by atoms with E-state index in [2.05, 4.69) is 69.4 Å². The highest BCUT2D eigenvalue weighted by atomic mass is 16.6. The molecule has 352 valence electrons. The Balaban J connectivity index is 4.44. The molecule has 0 heterocycles. The van der Waals surface area contributed by atoms with Gasteiger partial charge in [0.05, 0.1) is 6.42 Å². The Labute approximate surface area is 377 Å². The zero-order valence-electron chi connectivity index (χ0n) is 40.2. The number of esters is 3. The van der Waals surface area contributed by atoms with Crippen LogP contribution in [0.15, 0.2) is 60.8 Å². The summed E-state index contributed by atoms with van der Waals surface area (Å²) in [5, 5.41) is 0. The van der Waals surface area contributed by atoms with Gasteiger partial charge < -0.3 is 14.2 Å². The number of unbranched alkanes of at least 4 members (excludes halogenated alkanes) is 26. The molecule has 0 bridgehead atoms. The first-order chi connectivity index (χ1) is 30.0. The lowest BCUT2D eigenvalue weighted by atomic mass is 10.0. The summed E-state index contributed by atoms with van der Waals surface area (Å²) in [6, 6.07) is 0. The first-order valence-corrected chi connectivity index (χ1v) is 25.8. The molecule has 0 aliphatic rings. The predicted octanol–water partition coefficient (Wildman–Crippen LogP) is 16.9. The minimum Gasteiger partial charge on any atom is -0.462 e. The van der Waals surface area contributed by atoms with Crippen molar-refractivity contribution >= 4 is 17.9 Å². The summed E-state index contributed by atoms with van der Waals surface area (Å²) in [5.74, 6) is -1.03. The lowest BCUT2D eigenvalue weighted by molar-refractivity contribution is -0.166. The third-order valence-corrected chi connectivity index (χ3v) is 11.1. The van der Waals surface area contributed by atoms with Gasteiger partial charge >= 0.3 is 17.9 Å². The molecule has 6 nitrogen and oxygen atoms in total. The molecule has 0 fully saturated rings. The maximum Gasteiger partial charge on any atom is 0.310 e. The van der Waals surface area contributed by atoms with Crippen molar-refractivity contribution in [1.82, 2.24) is 0 Å². The van der Waals surface area contributed by atoms with Crippen molar-refractivity contribution in [3.05, 3.63) is 60.8 Å². The van der Waals surface area contributed by atoms with Crippen LogP contribution in [0.3, 0.4) is 0 Å². The Morgan fingerprint density at radius 1 is 0.344 bits per heavy atom. The Bertz CT molecular complexity index is 1120. The molecular weight excluding hydrogens is 757 g/mol. The Hall–Kier alpha value is -2.89. The highest BCUT2D eigenvalue weighted by Gasteiger charge is 2.19. The number of allylic oxidation sites excluding steroid dienone is 9. The smallest absolute Gasteiger partial charge is 0.310 e. The molecule has 6 heteroatoms. The molecular formula is C55H96O6. The number of hydrogen-bond acceptors (Lipinski definition) is 6. The normalized spacial score (nSPS) is 12.5. The summed E-state index contributed by atoms with van der Waals surface area (Å²) in [6.45, 7) is 6.45. The first-order valence-electron chi connectivity index (χ1n) is 25.8. The summed E-state index contributed by atoms with van der Waals surface area (Å²) < 4.78 is 16.7. The maximum absolute atomic E-state index is 12.7. The van der Waals surface area contributed by atoms with Gasteiger partial charge in [0.2, 0.25) is 0 Å². The molecule has 0 saturated heterocycles. The van der Waals surface area contributed by atoms with Crippen LogP contribution in [-0.4, -0.2) is 37.2 Å². The van der Waals surface area contributed by atoms with E-state index in [1.165, 1.54) is 141 Å². The molecule has 0 N–H and O–H groups in total. The molecule has 0 rings (SSSR count). The largest absolute Gasteiger partial charge is 0.462 e. The van der Waals surface area contributed by atoms with Crippen molar-refractivity contribution in [3.8, 4) is 0 Å². The molecule has 0 saturated carbocycles. The molecule has 0 amide bonds. The molecule has 1 atom stereocenters. The van der Waals surface area contributed by atoms with Gasteiger partial charge in [0.25, 0.3) is 0 Å². The monoisotopic (exact) mass is 853 g/mol. The maximum atomic E-state index is 12.7. The highest BCUT2D eigenvalue weighted by molar-refractivity contribution is 5.72. The van der Waals surface area contributed by atoms with Crippen LogP contribution in [0.5, 0.6) is 0 Å². The molecule has 0 radical (unpaired) electrons. The van der Waals surface area contributed by atoms with Gasteiger partial charge in [-0.2, -0.15) is 0 Å². The quantitative estimate of drug-likeness (QED) is 0.0263. The van der Waals surface area contributed by atoms with Crippen LogP contribution in [0.25, 0.3) is 0 Å². The topological polar surface area (TPSA) is 78.9 Å². The molecule has 0 spiro atoms. The zero-order valence-corrected chi connectivity index (χ0v) is 40.2. The molecule has 0 aromatic rings. The number of rotatable bonds is 46. The molecule has 0 aliphatic heterocycles. The van der Waals surface area contributed by atoms with Crippen molar-refractivity contribution in [3.63, 3.8) is 0 Å². The fourth-order valence-corrected chi connectivity index (χ4v) is 7.22. The van der Waals surface area contributed by atoms with Gasteiger partial charge in [0, 0.05) is 12.8 Å². The number of carbonyl (C=O) groups excluding carboxylic acids is 3. The van der Waals surface area contributed by atoms with Crippen LogP contribution in [0.1, 0.15) is 252 Å². The van der Waals surface area contributed by atoms with Gasteiger partial charge in [-0.05, 0) is 44.9 Å². The van der Waals surface area contributed by atoms with Crippen molar-refractivity contribution < 1.29 is 28.6 Å². The summed E-state index contributed by atoms with van der Waals surface area (Å²) >= 11 is 0. The van der Waals surface area contributed by atoms with Gasteiger partial charge in [-0.1, -0.05) is 248 Å². The third-order valence-electron chi connectivity index (χ3n) is 11.1. The Morgan fingerprint density at radius 2 is 0.623 bits per heavy atom. The fourth-order valence-electron chi connectivity index (χ4n) is 7.22. The van der Waals surface area contributed by atoms with Crippen molar-refractivity contribution in [1.29, 1.82) is 0 Å². The van der Waals surface area contributed by atoms with Crippen LogP contribution >= 0.6 is 0 Å². The van der Waals surface area contributed by atoms with Crippen LogP contribution in [-0.2, 0) is 28.6 Å². The minimum absolute atomic E-state index is 0.101. The SMILES string of the molecule is CC/C=C\C/C=C\C/C=C\C/C=C\C/C=C\CC(=O)OC(COC(=O)CCCCCCCCCCCCC)COC(=O)CCCCCCCCCCCCCCCCCCC. The molecule has 1 unspecified atom stereocenters. The van der Waals surface area contributed by atoms with E-state index in [0.29, 0.717) is 12.8 Å². The standard InChI is InChI=1S/C55H96O6/c1-4-7-10-13-16-19-22-24-26-27-29-30-33-36-39-42-45-48-54(57)60-51-52(50-59-53(56)47-44-41-38-35-32-21-18-15-12-9-6-3)61-55(58)49-46-43-40-37-34-31-28-25-23-20-17-14-11-8-5-2/h8,11,17,20,25,28,34,37,43,46,52H,4-7,9-10,12-16,18-19,21-24,26-27,29-33,35-36,38-42,44-45,47-51H2,1-3H3/b11-8-,20-17-,28-25-,37-34-,46-43-. The van der Waals surface area contributed by atoms with Gasteiger partial charge in [0.15, 0.2) is 6.10 Å². The van der Waals surface area contributed by atoms with Crippen LogP contribution in [0, 0.1) is 0 Å². The average Bonchev–Trinajstić information content (AvgIpc) is 3.26. The zero-order chi connectivity index (χ0) is 44.4. The second-order valence-electron chi connectivity index (χ2n) is 17.1. The second kappa shape index (κ2) is 49.8. The number of carbonyl (C=O) groups is 3. The summed E-state index contributed by atoms with van der Waals surface area (Å²) in [4.78, 5) is 37.9. The average molecular weight is 853 g/mol. The lowest BCUT2D eigenvalue weighted by Gasteiger charge is -2.18. The Kier molecular flexibility index (Phi) is 47.4. The number of hydrogen-bond donors (Lipinski definition) is 0. The Morgan fingerprint density at radius 3 is 0.934 bits per heavy atom. The van der Waals surface area contributed by atoms with E-state index in [9.17, 15) is 14.4 Å². The highest BCUT2D eigenvalue weighted by Crippen LogP contribution is 2.16.